The fourth-order valence-electron chi connectivity index (χ4n) is 4.29. The van der Waals surface area contributed by atoms with Crippen LogP contribution in [0.1, 0.15) is 70.0 Å². The Morgan fingerprint density at radius 3 is 2.48 bits per heavy atom. The zero-order valence-corrected chi connectivity index (χ0v) is 16.7. The zero-order valence-electron chi connectivity index (χ0n) is 15.0. The van der Waals surface area contributed by atoms with Crippen molar-refractivity contribution in [3.63, 3.8) is 0 Å². The molecule has 2 fully saturated rings. The lowest BCUT2D eigenvalue weighted by atomic mass is 10.1. The Hall–Kier alpha value is 0.0400. The van der Waals surface area contributed by atoms with Gasteiger partial charge >= 0.3 is 0 Å². The van der Waals surface area contributed by atoms with Gasteiger partial charge in [0.1, 0.15) is 0 Å². The molecule has 0 aliphatic carbocycles. The minimum Gasteiger partial charge on any atom is -0.259 e. The molecule has 2 saturated heterocycles. The summed E-state index contributed by atoms with van der Waals surface area (Å²) in [6.07, 6.45) is 13.0. The van der Waals surface area contributed by atoms with Crippen molar-refractivity contribution in [3.8, 4) is 0 Å². The molecule has 0 spiro atoms. The molecule has 0 bridgehead atoms. The largest absolute Gasteiger partial charge is 0.259 e. The standard InChI is InChI=1S/C20H33NP2/c1-3-5-15-21(22-16-9-13-19(22)4-2)23-17-10-14-20(23)18-11-7-6-8-12-18/h6-8,11-12,19-20H,3-5,9-10,13-17H2,1-2H3/t19-,20+,22?,23?/m1/s1. The van der Waals surface area contributed by atoms with E-state index in [4.69, 9.17) is 0 Å². The summed E-state index contributed by atoms with van der Waals surface area (Å²) in [5.41, 5.74) is 3.50. The van der Waals surface area contributed by atoms with Crippen molar-refractivity contribution < 1.29 is 0 Å². The second-order valence-electron chi connectivity index (χ2n) is 7.05. The molecule has 128 valence electrons. The van der Waals surface area contributed by atoms with Gasteiger partial charge in [0.25, 0.3) is 0 Å². The Bertz CT molecular complexity index is 464. The third-order valence-electron chi connectivity index (χ3n) is 5.53. The SMILES string of the molecule is CCCCN(P1CCC[C@H]1CC)P1CCC[C@H]1c1ccccc1. The van der Waals surface area contributed by atoms with Gasteiger partial charge in [0.2, 0.25) is 0 Å². The normalized spacial score (nSPS) is 31.1. The zero-order chi connectivity index (χ0) is 16.1. The topological polar surface area (TPSA) is 3.24 Å². The molecule has 2 aliphatic heterocycles. The third-order valence-corrected chi connectivity index (χ3v) is 12.8. The molecule has 3 heteroatoms. The predicted octanol–water partition coefficient (Wildman–Crippen LogP) is 6.99. The first-order valence-electron chi connectivity index (χ1n) is 9.70. The molecule has 0 aromatic heterocycles. The fourth-order valence-corrected chi connectivity index (χ4v) is 12.4. The molecule has 0 radical (unpaired) electrons. The molecule has 1 nitrogen and oxygen atoms in total. The van der Waals surface area contributed by atoms with Gasteiger partial charge in [-0.3, -0.25) is 4.44 Å². The van der Waals surface area contributed by atoms with Gasteiger partial charge in [-0.05, 0) is 78.2 Å². The predicted molar refractivity (Wildman–Crippen MR) is 107 cm³/mol. The minimum absolute atomic E-state index is 0.0589. The van der Waals surface area contributed by atoms with Crippen molar-refractivity contribution in [2.24, 2.45) is 0 Å². The first kappa shape index (κ1) is 17.8. The quantitative estimate of drug-likeness (QED) is 0.479. The van der Waals surface area contributed by atoms with E-state index in [1.807, 2.05) is 0 Å². The monoisotopic (exact) mass is 349 g/mol. The van der Waals surface area contributed by atoms with Crippen LogP contribution < -0.4 is 0 Å². The van der Waals surface area contributed by atoms with Gasteiger partial charge in [0.15, 0.2) is 0 Å². The van der Waals surface area contributed by atoms with Gasteiger partial charge in [-0.2, -0.15) is 0 Å². The molecule has 2 heterocycles. The van der Waals surface area contributed by atoms with Gasteiger partial charge in [-0.15, -0.1) is 0 Å². The van der Waals surface area contributed by atoms with E-state index in [1.54, 1.807) is 5.56 Å². The molecule has 0 N–H and O–H groups in total. The summed E-state index contributed by atoms with van der Waals surface area (Å²) in [7, 11) is 0.209. The summed E-state index contributed by atoms with van der Waals surface area (Å²) in [4.78, 5) is 0. The maximum absolute atomic E-state index is 3.11. The Balaban J connectivity index is 1.80. The van der Waals surface area contributed by atoms with E-state index >= 15 is 0 Å². The first-order chi connectivity index (χ1) is 11.3. The highest BCUT2D eigenvalue weighted by Crippen LogP contribution is 2.71. The molecule has 4 atom stereocenters. The van der Waals surface area contributed by atoms with Crippen LogP contribution in [0.25, 0.3) is 0 Å². The molecule has 2 unspecified atom stereocenters. The molecule has 0 saturated carbocycles. The number of nitrogens with zero attached hydrogens (tertiary/aromatic N) is 1. The van der Waals surface area contributed by atoms with Crippen LogP contribution in [-0.2, 0) is 0 Å². The first-order valence-corrected chi connectivity index (χ1v) is 12.8. The van der Waals surface area contributed by atoms with Crippen molar-refractivity contribution in [2.45, 2.75) is 70.1 Å². The van der Waals surface area contributed by atoms with Crippen molar-refractivity contribution in [2.75, 3.05) is 18.9 Å². The second kappa shape index (κ2) is 8.94. The summed E-state index contributed by atoms with van der Waals surface area (Å²) in [6.45, 7) is 6.17. The molecule has 0 amide bonds. The van der Waals surface area contributed by atoms with Crippen LogP contribution in [0.3, 0.4) is 0 Å². The van der Waals surface area contributed by atoms with Crippen molar-refractivity contribution >= 4 is 16.1 Å². The number of unbranched alkanes of at least 4 members (excludes halogenated alkanes) is 1. The number of benzene rings is 1. The third kappa shape index (κ3) is 4.18. The van der Waals surface area contributed by atoms with Crippen LogP contribution in [0.5, 0.6) is 0 Å². The molecule has 23 heavy (non-hydrogen) atoms. The van der Waals surface area contributed by atoms with Crippen molar-refractivity contribution in [1.82, 2.24) is 4.44 Å². The smallest absolute Gasteiger partial charge is 0.0177 e. The summed E-state index contributed by atoms with van der Waals surface area (Å²) >= 11 is 0. The van der Waals surface area contributed by atoms with Crippen LogP contribution in [0, 0.1) is 0 Å². The van der Waals surface area contributed by atoms with Crippen LogP contribution in [0.2, 0.25) is 0 Å². The van der Waals surface area contributed by atoms with Gasteiger partial charge in [-0.25, -0.2) is 0 Å². The highest BCUT2D eigenvalue weighted by atomic mass is 31.2. The van der Waals surface area contributed by atoms with Crippen LogP contribution in [0.15, 0.2) is 30.3 Å². The van der Waals surface area contributed by atoms with Crippen LogP contribution in [-0.4, -0.2) is 29.0 Å². The van der Waals surface area contributed by atoms with Gasteiger partial charge < -0.3 is 0 Å². The Morgan fingerprint density at radius 2 is 1.74 bits per heavy atom. The average Bonchev–Trinajstić information content (AvgIpc) is 3.25. The highest BCUT2D eigenvalue weighted by Gasteiger charge is 2.39. The lowest BCUT2D eigenvalue weighted by molar-refractivity contribution is 0.621. The van der Waals surface area contributed by atoms with E-state index in [-0.39, 0.29) is 16.1 Å². The average molecular weight is 349 g/mol. The molecule has 1 aromatic rings. The van der Waals surface area contributed by atoms with E-state index < -0.39 is 0 Å². The van der Waals surface area contributed by atoms with Gasteiger partial charge in [0, 0.05) is 12.2 Å². The van der Waals surface area contributed by atoms with E-state index in [0.717, 1.165) is 11.3 Å². The second-order valence-corrected chi connectivity index (χ2v) is 12.3. The number of hydrogen-bond donors (Lipinski definition) is 0. The molecular formula is C20H33NP2. The summed E-state index contributed by atoms with van der Waals surface area (Å²) in [5.74, 6) is 0. The van der Waals surface area contributed by atoms with Crippen LogP contribution >= 0.6 is 16.1 Å². The van der Waals surface area contributed by atoms with E-state index in [1.165, 1.54) is 63.8 Å². The van der Waals surface area contributed by atoms with E-state index in [0.29, 0.717) is 0 Å². The van der Waals surface area contributed by atoms with Gasteiger partial charge in [0.05, 0.1) is 0 Å². The Labute approximate surface area is 145 Å². The molecule has 1 aromatic carbocycles. The summed E-state index contributed by atoms with van der Waals surface area (Å²) in [6, 6.07) is 11.4. The molecular weight excluding hydrogens is 316 g/mol. The lowest BCUT2D eigenvalue weighted by Crippen LogP contribution is -2.20. The summed E-state index contributed by atoms with van der Waals surface area (Å²) in [5, 5.41) is 0. The van der Waals surface area contributed by atoms with E-state index in [2.05, 4.69) is 48.6 Å². The molecule has 2 aliphatic rings. The maximum Gasteiger partial charge on any atom is 0.0177 e. The van der Waals surface area contributed by atoms with Crippen LogP contribution in [0.4, 0.5) is 0 Å². The Morgan fingerprint density at radius 1 is 1.00 bits per heavy atom. The lowest BCUT2D eigenvalue weighted by Gasteiger charge is -2.40. The Kier molecular flexibility index (Phi) is 6.94. The van der Waals surface area contributed by atoms with Crippen molar-refractivity contribution in [3.05, 3.63) is 35.9 Å². The fraction of sp³-hybridized carbons (Fsp3) is 0.700. The minimum atomic E-state index is 0.0589. The highest BCUT2D eigenvalue weighted by molar-refractivity contribution is 7.71. The maximum atomic E-state index is 3.11. The summed E-state index contributed by atoms with van der Waals surface area (Å²) < 4.78 is 3.11. The number of hydrogen-bond acceptors (Lipinski definition) is 1. The van der Waals surface area contributed by atoms with E-state index in [9.17, 15) is 0 Å². The molecule has 3 rings (SSSR count). The number of rotatable bonds is 7. The van der Waals surface area contributed by atoms with Gasteiger partial charge in [-0.1, -0.05) is 50.6 Å². The van der Waals surface area contributed by atoms with Crippen molar-refractivity contribution in [1.29, 1.82) is 0 Å².